The molecule has 0 atom stereocenters. The second kappa shape index (κ2) is 3.76. The first kappa shape index (κ1) is 11.4. The van der Waals surface area contributed by atoms with E-state index in [0.29, 0.717) is 0 Å². The molecule has 86 valence electrons. The van der Waals surface area contributed by atoms with E-state index in [2.05, 4.69) is 21.2 Å². The van der Waals surface area contributed by atoms with E-state index in [-0.39, 0.29) is 34.5 Å². The van der Waals surface area contributed by atoms with Crippen molar-refractivity contribution in [1.82, 2.24) is 0 Å². The third-order valence-electron chi connectivity index (χ3n) is 2.42. The number of nitrogens with one attached hydrogen (secondary N) is 1. The average molecular weight is 294 g/mol. The molecule has 0 spiro atoms. The molecule has 1 amide bonds. The van der Waals surface area contributed by atoms with Gasteiger partial charge in [-0.3, -0.25) is 4.79 Å². The number of anilines is 1. The molecule has 0 aliphatic carbocycles. The van der Waals surface area contributed by atoms with Gasteiger partial charge in [0.2, 0.25) is 5.91 Å². The molecule has 1 N–H and O–H groups in total. The van der Waals surface area contributed by atoms with Crippen LogP contribution in [-0.2, 0) is 17.4 Å². The van der Waals surface area contributed by atoms with Crippen LogP contribution in [-0.4, -0.2) is 5.91 Å². The van der Waals surface area contributed by atoms with Crippen molar-refractivity contribution in [2.24, 2.45) is 0 Å². The number of carbonyl (C=O) groups excluding carboxylic acids is 1. The van der Waals surface area contributed by atoms with E-state index in [1.807, 2.05) is 0 Å². The summed E-state index contributed by atoms with van der Waals surface area (Å²) >= 11 is 2.89. The van der Waals surface area contributed by atoms with Crippen LogP contribution >= 0.6 is 15.9 Å². The molecule has 1 aliphatic rings. The Morgan fingerprint density at radius 1 is 1.25 bits per heavy atom. The molecule has 0 saturated carbocycles. The molecule has 2 rings (SSSR count). The molecule has 0 unspecified atom stereocenters. The zero-order chi connectivity index (χ0) is 11.9. The summed E-state index contributed by atoms with van der Waals surface area (Å²) in [6.07, 6.45) is -4.20. The van der Waals surface area contributed by atoms with Gasteiger partial charge in [0.05, 0.1) is 5.56 Å². The van der Waals surface area contributed by atoms with Crippen molar-refractivity contribution in [2.75, 3.05) is 5.32 Å². The fourth-order valence-corrected chi connectivity index (χ4v) is 2.35. The van der Waals surface area contributed by atoms with E-state index < -0.39 is 11.7 Å². The molecule has 0 bridgehead atoms. The van der Waals surface area contributed by atoms with Gasteiger partial charge in [-0.2, -0.15) is 13.2 Å². The molecule has 1 heterocycles. The van der Waals surface area contributed by atoms with Gasteiger partial charge >= 0.3 is 6.18 Å². The SMILES string of the molecule is O=C1CCc2c(ccc(Br)c2C(F)(F)F)N1. The number of alkyl halides is 3. The Balaban J connectivity index is 2.60. The molecule has 0 saturated heterocycles. The van der Waals surface area contributed by atoms with Crippen LogP contribution in [0.3, 0.4) is 0 Å². The molecule has 0 fully saturated rings. The fourth-order valence-electron chi connectivity index (χ4n) is 1.75. The molecule has 6 heteroatoms. The second-order valence-electron chi connectivity index (χ2n) is 3.49. The highest BCUT2D eigenvalue weighted by atomic mass is 79.9. The highest BCUT2D eigenvalue weighted by Crippen LogP contribution is 2.41. The molecule has 1 aromatic carbocycles. The van der Waals surface area contributed by atoms with Gasteiger partial charge in [0, 0.05) is 16.6 Å². The minimum atomic E-state index is -4.41. The lowest BCUT2D eigenvalue weighted by Crippen LogP contribution is -2.22. The minimum absolute atomic E-state index is 0.00917. The fraction of sp³-hybridized carbons (Fsp3) is 0.300. The van der Waals surface area contributed by atoms with E-state index in [4.69, 9.17) is 0 Å². The van der Waals surface area contributed by atoms with Gasteiger partial charge in [0.15, 0.2) is 0 Å². The highest BCUT2D eigenvalue weighted by Gasteiger charge is 2.37. The van der Waals surface area contributed by atoms with Gasteiger partial charge in [-0.05, 0) is 24.1 Å². The van der Waals surface area contributed by atoms with Gasteiger partial charge in [0.1, 0.15) is 0 Å². The van der Waals surface area contributed by atoms with Crippen LogP contribution in [0.25, 0.3) is 0 Å². The van der Waals surface area contributed by atoms with Gasteiger partial charge in [0.25, 0.3) is 0 Å². The van der Waals surface area contributed by atoms with Crippen LogP contribution in [0, 0.1) is 0 Å². The van der Waals surface area contributed by atoms with Crippen LogP contribution in [0.4, 0.5) is 18.9 Å². The Labute approximate surface area is 98.0 Å². The Morgan fingerprint density at radius 2 is 1.94 bits per heavy atom. The maximum atomic E-state index is 12.8. The zero-order valence-corrected chi connectivity index (χ0v) is 9.58. The number of halogens is 4. The van der Waals surface area contributed by atoms with Crippen molar-refractivity contribution in [2.45, 2.75) is 19.0 Å². The van der Waals surface area contributed by atoms with E-state index in [9.17, 15) is 18.0 Å². The van der Waals surface area contributed by atoms with E-state index >= 15 is 0 Å². The van der Waals surface area contributed by atoms with Gasteiger partial charge in [-0.15, -0.1) is 0 Å². The summed E-state index contributed by atoms with van der Waals surface area (Å²) in [4.78, 5) is 11.1. The Bertz CT molecular complexity index is 456. The average Bonchev–Trinajstić information content (AvgIpc) is 2.16. The van der Waals surface area contributed by atoms with Gasteiger partial charge < -0.3 is 5.32 Å². The number of fused-ring (bicyclic) bond motifs is 1. The summed E-state index contributed by atoms with van der Waals surface area (Å²) in [7, 11) is 0. The maximum Gasteiger partial charge on any atom is 0.417 e. The minimum Gasteiger partial charge on any atom is -0.326 e. The Morgan fingerprint density at radius 3 is 2.56 bits per heavy atom. The van der Waals surface area contributed by atoms with Crippen molar-refractivity contribution in [3.8, 4) is 0 Å². The largest absolute Gasteiger partial charge is 0.417 e. The van der Waals surface area contributed by atoms with Gasteiger partial charge in [-0.25, -0.2) is 0 Å². The zero-order valence-electron chi connectivity index (χ0n) is 7.99. The van der Waals surface area contributed by atoms with Crippen LogP contribution in [0.15, 0.2) is 16.6 Å². The standard InChI is InChI=1S/C10H7BrF3NO/c11-6-2-3-7-5(1-4-8(16)15-7)9(6)10(12,13)14/h2-3H,1,4H2,(H,15,16). The third kappa shape index (κ3) is 1.93. The summed E-state index contributed by atoms with van der Waals surface area (Å²) in [5.41, 5.74) is -0.279. The van der Waals surface area contributed by atoms with E-state index in [0.717, 1.165) is 0 Å². The molecular formula is C10H7BrF3NO. The Kier molecular flexibility index (Phi) is 2.69. The summed E-state index contributed by atoms with van der Waals surface area (Å²) in [5, 5.41) is 2.44. The second-order valence-corrected chi connectivity index (χ2v) is 4.35. The molecular weight excluding hydrogens is 287 g/mol. The van der Waals surface area contributed by atoms with Crippen LogP contribution < -0.4 is 5.32 Å². The summed E-state index contributed by atoms with van der Waals surface area (Å²) < 4.78 is 38.4. The maximum absolute atomic E-state index is 12.8. The van der Waals surface area contributed by atoms with Crippen LogP contribution in [0.2, 0.25) is 0 Å². The van der Waals surface area contributed by atoms with Crippen molar-refractivity contribution in [3.63, 3.8) is 0 Å². The molecule has 1 aliphatic heterocycles. The molecule has 1 aromatic rings. The topological polar surface area (TPSA) is 29.1 Å². The quantitative estimate of drug-likeness (QED) is 0.781. The number of hydrogen-bond donors (Lipinski definition) is 1. The number of amides is 1. The van der Waals surface area contributed by atoms with Crippen molar-refractivity contribution in [3.05, 3.63) is 27.7 Å². The summed E-state index contributed by atoms with van der Waals surface area (Å²) in [5.74, 6) is -0.247. The first-order valence-electron chi connectivity index (χ1n) is 4.58. The third-order valence-corrected chi connectivity index (χ3v) is 3.08. The predicted octanol–water partition coefficient (Wildman–Crippen LogP) is 3.35. The summed E-state index contributed by atoms with van der Waals surface area (Å²) in [6, 6.07) is 2.78. The van der Waals surface area contributed by atoms with E-state index in [1.165, 1.54) is 12.1 Å². The number of benzene rings is 1. The lowest BCUT2D eigenvalue weighted by molar-refractivity contribution is -0.139. The van der Waals surface area contributed by atoms with Crippen molar-refractivity contribution >= 4 is 27.5 Å². The van der Waals surface area contributed by atoms with Crippen molar-refractivity contribution in [1.29, 1.82) is 0 Å². The van der Waals surface area contributed by atoms with Crippen molar-refractivity contribution < 1.29 is 18.0 Å². The smallest absolute Gasteiger partial charge is 0.326 e. The molecule has 0 radical (unpaired) electrons. The van der Waals surface area contributed by atoms with Crippen LogP contribution in [0.1, 0.15) is 17.5 Å². The monoisotopic (exact) mass is 293 g/mol. The van der Waals surface area contributed by atoms with E-state index in [1.54, 1.807) is 0 Å². The predicted molar refractivity (Wildman–Crippen MR) is 56.1 cm³/mol. The number of hydrogen-bond acceptors (Lipinski definition) is 1. The summed E-state index contributed by atoms with van der Waals surface area (Å²) in [6.45, 7) is 0. The van der Waals surface area contributed by atoms with Gasteiger partial charge in [-0.1, -0.05) is 15.9 Å². The van der Waals surface area contributed by atoms with Crippen LogP contribution in [0.5, 0.6) is 0 Å². The lowest BCUT2D eigenvalue weighted by atomic mass is 9.97. The number of carbonyl (C=O) groups is 1. The Hall–Kier alpha value is -1.04. The normalized spacial score (nSPS) is 15.6. The molecule has 0 aromatic heterocycles. The number of rotatable bonds is 0. The molecule has 16 heavy (non-hydrogen) atoms. The first-order valence-corrected chi connectivity index (χ1v) is 5.37. The highest BCUT2D eigenvalue weighted by molar-refractivity contribution is 9.10. The first-order chi connectivity index (χ1) is 7.39. The molecule has 2 nitrogen and oxygen atoms in total. The lowest BCUT2D eigenvalue weighted by Gasteiger charge is -2.22.